The fourth-order valence-corrected chi connectivity index (χ4v) is 6.52. The summed E-state index contributed by atoms with van der Waals surface area (Å²) in [5, 5.41) is 40.1. The van der Waals surface area contributed by atoms with Gasteiger partial charge in [-0.15, -0.1) is 25.2 Å². The fourth-order valence-electron chi connectivity index (χ4n) is 6.52. The van der Waals surface area contributed by atoms with Crippen molar-refractivity contribution in [3.8, 4) is 17.2 Å². The molecular weight excluding hydrogens is 733 g/mol. The number of azo groups is 1. The van der Waals surface area contributed by atoms with Gasteiger partial charge in [-0.3, -0.25) is 9.59 Å². The number of phenolic OH excluding ortho intramolecular Hbond substituents is 2. The van der Waals surface area contributed by atoms with Gasteiger partial charge in [-0.25, -0.2) is 0 Å². The lowest BCUT2D eigenvalue weighted by atomic mass is 9.84. The van der Waals surface area contributed by atoms with E-state index in [2.05, 4.69) is 20.4 Å². The molecule has 1 heterocycles. The predicted molar refractivity (Wildman–Crippen MR) is 228 cm³/mol. The maximum absolute atomic E-state index is 13.5. The Bertz CT molecular complexity index is 2280. The lowest BCUT2D eigenvalue weighted by molar-refractivity contribution is -0.160. The van der Waals surface area contributed by atoms with Gasteiger partial charge in [-0.2, -0.15) is 0 Å². The van der Waals surface area contributed by atoms with E-state index in [1.807, 2.05) is 110 Å². The van der Waals surface area contributed by atoms with Crippen molar-refractivity contribution in [2.75, 3.05) is 12.3 Å². The van der Waals surface area contributed by atoms with Crippen LogP contribution >= 0.6 is 0 Å². The highest BCUT2D eigenvalue weighted by Crippen LogP contribution is 2.41. The number of hydrogen-bond acceptors (Lipinski definition) is 11. The van der Waals surface area contributed by atoms with Crippen molar-refractivity contribution in [3.63, 3.8) is 0 Å². The van der Waals surface area contributed by atoms with Crippen LogP contribution in [-0.4, -0.2) is 54.8 Å². The Morgan fingerprint density at radius 2 is 1.24 bits per heavy atom. The van der Waals surface area contributed by atoms with E-state index in [1.54, 1.807) is 32.0 Å². The van der Waals surface area contributed by atoms with Crippen LogP contribution in [0, 0.1) is 0 Å². The van der Waals surface area contributed by atoms with E-state index in [1.165, 1.54) is 4.80 Å². The lowest BCUT2D eigenvalue weighted by Gasteiger charge is -2.29. The highest BCUT2D eigenvalue weighted by Gasteiger charge is 2.31. The molecule has 308 valence electrons. The van der Waals surface area contributed by atoms with Gasteiger partial charge in [-0.1, -0.05) is 77.9 Å². The second kappa shape index (κ2) is 17.1. The molecule has 5 aromatic rings. The van der Waals surface area contributed by atoms with Crippen molar-refractivity contribution in [3.05, 3.63) is 95.1 Å². The minimum atomic E-state index is -1.08. The summed E-state index contributed by atoms with van der Waals surface area (Å²) in [5.41, 5.74) is 9.55. The Labute approximate surface area is 341 Å². The van der Waals surface area contributed by atoms with E-state index in [-0.39, 0.29) is 53.8 Å². The Morgan fingerprint density at radius 3 is 1.84 bits per heavy atom. The first-order chi connectivity index (χ1) is 27.0. The van der Waals surface area contributed by atoms with Gasteiger partial charge in [0, 0.05) is 30.4 Å². The number of Topliss-reactive ketones (excluding diaryl/α,β-unsaturated/α-hetero) is 1. The maximum atomic E-state index is 13.5. The number of nitrogens with zero attached hydrogens (tertiary/aromatic N) is 5. The standard InChI is InChI=1S/C46H58N6O6/c1-43(2,3)31-25-29(27-37(41(31)55)49-48-34-16-12-11-15-33(34)47)20-22-40(54)58-45(7,8)23-24-57-46(9,10)39(53)21-19-30-26-32(44(4,5)6)42(56)38(28-30)52-50-35-17-13-14-18-36(35)51-52/h11-18,25-28,55-56H,19-24,47H2,1-10H3. The van der Waals surface area contributed by atoms with Gasteiger partial charge in [0.1, 0.15) is 50.8 Å². The van der Waals surface area contributed by atoms with Crippen molar-refractivity contribution in [1.29, 1.82) is 0 Å². The normalized spacial score (nSPS) is 12.7. The van der Waals surface area contributed by atoms with Crippen LogP contribution in [0.5, 0.6) is 11.5 Å². The second-order valence-electron chi connectivity index (χ2n) is 18.0. The Balaban J connectivity index is 1.17. The smallest absolute Gasteiger partial charge is 0.306 e. The molecule has 0 bridgehead atoms. The number of esters is 1. The first-order valence-electron chi connectivity index (χ1n) is 19.7. The molecule has 1 aromatic heterocycles. The molecule has 0 amide bonds. The minimum Gasteiger partial charge on any atom is -0.505 e. The number of nitrogens with two attached hydrogens (primary N) is 1. The van der Waals surface area contributed by atoms with Crippen LogP contribution in [0.2, 0.25) is 0 Å². The van der Waals surface area contributed by atoms with Crippen molar-refractivity contribution in [2.45, 2.75) is 123 Å². The molecule has 0 saturated carbocycles. The van der Waals surface area contributed by atoms with Gasteiger partial charge in [0.2, 0.25) is 0 Å². The number of anilines is 1. The Kier molecular flexibility index (Phi) is 12.8. The third-order valence-corrected chi connectivity index (χ3v) is 10.1. The zero-order valence-electron chi connectivity index (χ0n) is 35.5. The van der Waals surface area contributed by atoms with Crippen LogP contribution in [0.4, 0.5) is 17.1 Å². The molecule has 0 aliphatic heterocycles. The summed E-state index contributed by atoms with van der Waals surface area (Å²) in [6.07, 6.45) is 1.48. The number of aromatic nitrogens is 3. The van der Waals surface area contributed by atoms with Crippen molar-refractivity contribution < 1.29 is 29.3 Å². The van der Waals surface area contributed by atoms with Gasteiger partial charge >= 0.3 is 5.97 Å². The van der Waals surface area contributed by atoms with Gasteiger partial charge in [0.25, 0.3) is 0 Å². The molecule has 12 heteroatoms. The van der Waals surface area contributed by atoms with Crippen LogP contribution in [0.3, 0.4) is 0 Å². The number of aryl methyl sites for hydroxylation is 2. The molecule has 0 radical (unpaired) electrons. The van der Waals surface area contributed by atoms with Gasteiger partial charge in [0.15, 0.2) is 5.78 Å². The van der Waals surface area contributed by atoms with Crippen LogP contribution in [0.25, 0.3) is 16.7 Å². The van der Waals surface area contributed by atoms with E-state index in [9.17, 15) is 19.8 Å². The number of hydrogen-bond donors (Lipinski definition) is 3. The van der Waals surface area contributed by atoms with Gasteiger partial charge in [0.05, 0.1) is 12.3 Å². The zero-order valence-corrected chi connectivity index (χ0v) is 35.5. The largest absolute Gasteiger partial charge is 0.505 e. The van der Waals surface area contributed by atoms with Crippen molar-refractivity contribution in [1.82, 2.24) is 15.0 Å². The van der Waals surface area contributed by atoms with Gasteiger partial charge < -0.3 is 25.4 Å². The topological polar surface area (TPSA) is 175 Å². The summed E-state index contributed by atoms with van der Waals surface area (Å²) in [6, 6.07) is 22.0. The number of carbonyl (C=O) groups excluding carboxylic acids is 2. The van der Waals surface area contributed by atoms with Crippen LogP contribution in [-0.2, 0) is 42.7 Å². The maximum Gasteiger partial charge on any atom is 0.306 e. The average Bonchev–Trinajstić information content (AvgIpc) is 3.56. The summed E-state index contributed by atoms with van der Waals surface area (Å²) >= 11 is 0. The number of carbonyl (C=O) groups is 2. The monoisotopic (exact) mass is 790 g/mol. The number of ketones is 1. The van der Waals surface area contributed by atoms with Gasteiger partial charge in [-0.05, 0) is 98.9 Å². The minimum absolute atomic E-state index is 0.0283. The molecule has 4 aromatic carbocycles. The van der Waals surface area contributed by atoms with E-state index in [4.69, 9.17) is 15.2 Å². The SMILES string of the molecule is CC(C)(CCOC(C)(C)C(=O)CCc1cc(-n2nc3ccccc3n2)c(O)c(C(C)(C)C)c1)OC(=O)CCc1cc(N=Nc2ccccc2N)c(O)c(C(C)(C)C)c1. The third-order valence-electron chi connectivity index (χ3n) is 10.1. The second-order valence-corrected chi connectivity index (χ2v) is 18.0. The molecule has 5 rings (SSSR count). The summed E-state index contributed by atoms with van der Waals surface area (Å²) in [7, 11) is 0. The molecule has 0 saturated heterocycles. The Morgan fingerprint density at radius 1 is 0.707 bits per heavy atom. The van der Waals surface area contributed by atoms with Crippen LogP contribution in [0.1, 0.15) is 111 Å². The first-order valence-corrected chi connectivity index (χ1v) is 19.7. The van der Waals surface area contributed by atoms with E-state index in [0.29, 0.717) is 52.9 Å². The number of ether oxygens (including phenoxy) is 2. The molecule has 12 nitrogen and oxygen atoms in total. The zero-order chi connectivity index (χ0) is 42.6. The number of phenols is 2. The third kappa shape index (κ3) is 10.9. The predicted octanol–water partition coefficient (Wildman–Crippen LogP) is 10.1. The number of para-hydroxylation sites is 1. The van der Waals surface area contributed by atoms with E-state index >= 15 is 0 Å². The summed E-state index contributed by atoms with van der Waals surface area (Å²) in [5.74, 6) is -0.327. The molecule has 0 fully saturated rings. The number of fused-ring (bicyclic) bond motifs is 1. The molecule has 0 atom stereocenters. The van der Waals surface area contributed by atoms with Crippen LogP contribution in [0.15, 0.2) is 83.0 Å². The molecule has 4 N–H and O–H groups in total. The number of nitrogen functional groups attached to an aromatic ring is 1. The molecule has 0 unspecified atom stereocenters. The molecule has 0 aliphatic rings. The quantitative estimate of drug-likeness (QED) is 0.0529. The highest BCUT2D eigenvalue weighted by atomic mass is 16.6. The summed E-state index contributed by atoms with van der Waals surface area (Å²) in [6.45, 7) is 19.4. The number of rotatable bonds is 15. The summed E-state index contributed by atoms with van der Waals surface area (Å²) in [4.78, 5) is 28.1. The molecular formula is C46H58N6O6. The Hall–Kier alpha value is -5.62. The molecule has 0 aliphatic carbocycles. The lowest BCUT2D eigenvalue weighted by Crippen LogP contribution is -2.38. The van der Waals surface area contributed by atoms with Crippen molar-refractivity contribution >= 4 is 39.8 Å². The van der Waals surface area contributed by atoms with Crippen LogP contribution < -0.4 is 5.73 Å². The van der Waals surface area contributed by atoms with E-state index in [0.717, 1.165) is 16.7 Å². The van der Waals surface area contributed by atoms with E-state index < -0.39 is 16.6 Å². The number of benzene rings is 4. The molecule has 0 spiro atoms. The highest BCUT2D eigenvalue weighted by molar-refractivity contribution is 5.86. The summed E-state index contributed by atoms with van der Waals surface area (Å²) < 4.78 is 12.0. The number of aromatic hydroxyl groups is 2. The van der Waals surface area contributed by atoms with Crippen molar-refractivity contribution in [2.24, 2.45) is 10.2 Å². The molecule has 58 heavy (non-hydrogen) atoms. The fraction of sp³-hybridized carbons (Fsp3) is 0.435. The first kappa shape index (κ1) is 43.5. The average molecular weight is 791 g/mol.